The Hall–Kier alpha value is -3.06. The fraction of sp³-hybridized carbons (Fsp3) is 0.190. The van der Waals surface area contributed by atoms with Crippen molar-refractivity contribution in [2.45, 2.75) is 18.4 Å². The molecule has 28 heavy (non-hydrogen) atoms. The van der Waals surface area contributed by atoms with Crippen molar-refractivity contribution in [1.82, 2.24) is 5.32 Å². The molecule has 2 N–H and O–H groups in total. The van der Waals surface area contributed by atoms with Crippen molar-refractivity contribution in [3.8, 4) is 0 Å². The van der Waals surface area contributed by atoms with E-state index in [0.717, 1.165) is 16.2 Å². The lowest BCUT2D eigenvalue weighted by Gasteiger charge is -2.10. The minimum atomic E-state index is -0.587. The number of rotatable bonds is 9. The second-order valence-corrected chi connectivity index (χ2v) is 6.89. The molecule has 0 unspecified atom stereocenters. The first kappa shape index (κ1) is 21.2. The number of para-hydroxylation sites is 1. The fourth-order valence-corrected chi connectivity index (χ4v) is 2.98. The molecule has 6 nitrogen and oxygen atoms in total. The molecule has 2 amide bonds. The van der Waals surface area contributed by atoms with Crippen molar-refractivity contribution in [2.24, 2.45) is 0 Å². The number of thioether (sulfide) groups is 1. The average molecular weight is 398 g/mol. The normalized spacial score (nSPS) is 10.0. The van der Waals surface area contributed by atoms with E-state index in [1.807, 2.05) is 18.2 Å². The highest BCUT2D eigenvalue weighted by molar-refractivity contribution is 7.99. The molecule has 0 bridgehead atoms. The van der Waals surface area contributed by atoms with E-state index in [0.29, 0.717) is 17.8 Å². The number of esters is 1. The quantitative estimate of drug-likeness (QED) is 0.384. The van der Waals surface area contributed by atoms with Gasteiger partial charge in [-0.3, -0.25) is 9.59 Å². The van der Waals surface area contributed by atoms with Gasteiger partial charge in [0.15, 0.2) is 6.61 Å². The van der Waals surface area contributed by atoms with Gasteiger partial charge in [-0.2, -0.15) is 0 Å². The predicted molar refractivity (Wildman–Crippen MR) is 110 cm³/mol. The zero-order chi connectivity index (χ0) is 20.4. The molecule has 0 aliphatic carbocycles. The number of carbonyl (C=O) groups is 3. The molecule has 0 aliphatic heterocycles. The highest BCUT2D eigenvalue weighted by Crippen LogP contribution is 2.26. The minimum Gasteiger partial charge on any atom is -0.452 e. The molecule has 0 aliphatic rings. The Morgan fingerprint density at radius 1 is 1.11 bits per heavy atom. The lowest BCUT2D eigenvalue weighted by atomic mass is 10.1. The van der Waals surface area contributed by atoms with Crippen molar-refractivity contribution in [2.75, 3.05) is 17.7 Å². The van der Waals surface area contributed by atoms with Crippen molar-refractivity contribution in [3.05, 3.63) is 72.3 Å². The van der Waals surface area contributed by atoms with Crippen LogP contribution in [0.5, 0.6) is 0 Å². The molecule has 0 saturated heterocycles. The summed E-state index contributed by atoms with van der Waals surface area (Å²) in [5.41, 5.74) is 1.86. The van der Waals surface area contributed by atoms with E-state index in [9.17, 15) is 14.4 Å². The summed E-state index contributed by atoms with van der Waals surface area (Å²) in [5.74, 6) is -0.406. The summed E-state index contributed by atoms with van der Waals surface area (Å²) < 4.78 is 5.08. The first-order chi connectivity index (χ1) is 13.5. The highest BCUT2D eigenvalue weighted by atomic mass is 32.2. The molecule has 0 atom stereocenters. The third-order valence-electron chi connectivity index (χ3n) is 3.58. The van der Waals surface area contributed by atoms with Crippen LogP contribution in [0.1, 0.15) is 22.8 Å². The lowest BCUT2D eigenvalue weighted by molar-refractivity contribution is -0.119. The standard InChI is InChI=1S/C21H22N2O4S/c1-3-12-28-19-7-5-4-6-18(19)23-20(25)14-27-21(26)17-10-8-16(9-11-17)13-22-15(2)24/h3-11H,1,12-14H2,2H3,(H,22,24)(H,23,25). The molecule has 0 fully saturated rings. The number of benzene rings is 2. The number of carbonyl (C=O) groups excluding carboxylic acids is 3. The van der Waals surface area contributed by atoms with E-state index >= 15 is 0 Å². The Balaban J connectivity index is 1.86. The second kappa shape index (κ2) is 10.9. The van der Waals surface area contributed by atoms with Crippen LogP contribution in [0.4, 0.5) is 5.69 Å². The van der Waals surface area contributed by atoms with Crippen LogP contribution in [0.3, 0.4) is 0 Å². The number of ether oxygens (including phenoxy) is 1. The van der Waals surface area contributed by atoms with Crippen molar-refractivity contribution in [1.29, 1.82) is 0 Å². The van der Waals surface area contributed by atoms with E-state index < -0.39 is 11.9 Å². The van der Waals surface area contributed by atoms with Gasteiger partial charge >= 0.3 is 5.97 Å². The molecular weight excluding hydrogens is 376 g/mol. The summed E-state index contributed by atoms with van der Waals surface area (Å²) in [4.78, 5) is 36.0. The van der Waals surface area contributed by atoms with Gasteiger partial charge in [-0.1, -0.05) is 30.3 Å². The van der Waals surface area contributed by atoms with Crippen LogP contribution < -0.4 is 10.6 Å². The number of hydrogen-bond donors (Lipinski definition) is 2. The molecule has 0 radical (unpaired) electrons. The minimum absolute atomic E-state index is 0.126. The highest BCUT2D eigenvalue weighted by Gasteiger charge is 2.12. The van der Waals surface area contributed by atoms with Gasteiger partial charge in [0, 0.05) is 24.1 Å². The van der Waals surface area contributed by atoms with Crippen molar-refractivity contribution in [3.63, 3.8) is 0 Å². The Labute approximate surface area is 168 Å². The molecule has 7 heteroatoms. The summed E-state index contributed by atoms with van der Waals surface area (Å²) >= 11 is 1.55. The number of hydrogen-bond acceptors (Lipinski definition) is 5. The van der Waals surface area contributed by atoms with Crippen LogP contribution in [0, 0.1) is 0 Å². The van der Waals surface area contributed by atoms with Gasteiger partial charge in [0.2, 0.25) is 5.91 Å². The molecule has 146 valence electrons. The summed E-state index contributed by atoms with van der Waals surface area (Å²) in [6, 6.07) is 14.0. The summed E-state index contributed by atoms with van der Waals surface area (Å²) in [6.07, 6.45) is 1.78. The summed E-state index contributed by atoms with van der Waals surface area (Å²) in [5, 5.41) is 5.43. The van der Waals surface area contributed by atoms with Gasteiger partial charge < -0.3 is 15.4 Å². The van der Waals surface area contributed by atoms with E-state index in [1.165, 1.54) is 6.92 Å². The molecule has 2 rings (SSSR count). The Morgan fingerprint density at radius 3 is 2.50 bits per heavy atom. The second-order valence-electron chi connectivity index (χ2n) is 5.83. The maximum absolute atomic E-state index is 12.1. The van der Waals surface area contributed by atoms with Crippen molar-refractivity contribution >= 4 is 35.2 Å². The molecule has 0 saturated carbocycles. The number of amides is 2. The summed E-state index contributed by atoms with van der Waals surface area (Å²) in [7, 11) is 0. The average Bonchev–Trinajstić information content (AvgIpc) is 2.70. The summed E-state index contributed by atoms with van der Waals surface area (Å²) in [6.45, 7) is 5.12. The van der Waals surface area contributed by atoms with Gasteiger partial charge in [0.1, 0.15) is 0 Å². The zero-order valence-corrected chi connectivity index (χ0v) is 16.4. The third kappa shape index (κ3) is 6.92. The van der Waals surface area contributed by atoms with E-state index in [2.05, 4.69) is 17.2 Å². The molecule has 0 heterocycles. The Bertz CT molecular complexity index is 850. The van der Waals surface area contributed by atoms with Crippen LogP contribution in [0.25, 0.3) is 0 Å². The number of nitrogens with one attached hydrogen (secondary N) is 2. The fourth-order valence-electron chi connectivity index (χ4n) is 2.23. The number of anilines is 1. The van der Waals surface area contributed by atoms with Crippen LogP contribution in [-0.4, -0.2) is 30.1 Å². The first-order valence-electron chi connectivity index (χ1n) is 8.62. The topological polar surface area (TPSA) is 84.5 Å². The third-order valence-corrected chi connectivity index (χ3v) is 4.65. The van der Waals surface area contributed by atoms with E-state index in [1.54, 1.807) is 48.2 Å². The van der Waals surface area contributed by atoms with Crippen molar-refractivity contribution < 1.29 is 19.1 Å². The zero-order valence-electron chi connectivity index (χ0n) is 15.6. The largest absolute Gasteiger partial charge is 0.452 e. The van der Waals surface area contributed by atoms with Crippen LogP contribution in [0.2, 0.25) is 0 Å². The smallest absolute Gasteiger partial charge is 0.338 e. The van der Waals surface area contributed by atoms with Crippen LogP contribution in [0.15, 0.2) is 66.1 Å². The molecule has 0 spiro atoms. The SMILES string of the molecule is C=CCSc1ccccc1NC(=O)COC(=O)c1ccc(CNC(C)=O)cc1. The van der Waals surface area contributed by atoms with Gasteiger partial charge in [-0.15, -0.1) is 18.3 Å². The Kier molecular flexibility index (Phi) is 8.30. The maximum Gasteiger partial charge on any atom is 0.338 e. The van der Waals surface area contributed by atoms with Gasteiger partial charge in [0.25, 0.3) is 5.91 Å². The van der Waals surface area contributed by atoms with Gasteiger partial charge in [-0.25, -0.2) is 4.79 Å². The molecule has 0 aromatic heterocycles. The maximum atomic E-state index is 12.1. The van der Waals surface area contributed by atoms with Gasteiger partial charge in [-0.05, 0) is 29.8 Å². The van der Waals surface area contributed by atoms with Gasteiger partial charge in [0.05, 0.1) is 11.3 Å². The van der Waals surface area contributed by atoms with E-state index in [-0.39, 0.29) is 12.5 Å². The first-order valence-corrected chi connectivity index (χ1v) is 9.61. The van der Waals surface area contributed by atoms with Crippen LogP contribution in [-0.2, 0) is 20.9 Å². The molecular formula is C21H22N2O4S. The predicted octanol–water partition coefficient (Wildman–Crippen LogP) is 3.40. The Morgan fingerprint density at radius 2 is 1.82 bits per heavy atom. The molecule has 2 aromatic carbocycles. The monoisotopic (exact) mass is 398 g/mol. The lowest BCUT2D eigenvalue weighted by Crippen LogP contribution is -2.21. The van der Waals surface area contributed by atoms with Crippen LogP contribution >= 0.6 is 11.8 Å². The van der Waals surface area contributed by atoms with E-state index in [4.69, 9.17) is 4.74 Å². The molecule has 2 aromatic rings.